The van der Waals surface area contributed by atoms with Crippen LogP contribution in [0.25, 0.3) is 5.69 Å². The maximum absolute atomic E-state index is 12.0. The summed E-state index contributed by atoms with van der Waals surface area (Å²) in [6.45, 7) is 7.46. The Labute approximate surface area is 115 Å². The first-order valence-electron chi connectivity index (χ1n) is 6.19. The molecule has 106 valence electrons. The molecule has 0 aliphatic carbocycles. The van der Waals surface area contributed by atoms with E-state index in [0.29, 0.717) is 5.76 Å². The van der Waals surface area contributed by atoms with Crippen LogP contribution in [0.3, 0.4) is 0 Å². The molecule has 6 heteroatoms. The van der Waals surface area contributed by atoms with Crippen molar-refractivity contribution in [2.45, 2.75) is 33.1 Å². The Balaban J connectivity index is 2.67. The molecule has 0 amide bonds. The molecule has 20 heavy (non-hydrogen) atoms. The van der Waals surface area contributed by atoms with Crippen LogP contribution in [-0.4, -0.2) is 9.66 Å². The minimum absolute atomic E-state index is 0.140. The van der Waals surface area contributed by atoms with Crippen molar-refractivity contribution in [2.24, 2.45) is 0 Å². The fraction of sp³-hybridized carbons (Fsp3) is 0.357. The number of hydrogen-bond donors (Lipinski definition) is 0. The van der Waals surface area contributed by atoms with Crippen molar-refractivity contribution in [3.05, 3.63) is 56.1 Å². The van der Waals surface area contributed by atoms with Gasteiger partial charge in [-0.2, -0.15) is 0 Å². The summed E-state index contributed by atoms with van der Waals surface area (Å²) in [5, 5.41) is 11.1. The van der Waals surface area contributed by atoms with Gasteiger partial charge in [-0.1, -0.05) is 26.8 Å². The van der Waals surface area contributed by atoms with Gasteiger partial charge < -0.3 is 4.52 Å². The Morgan fingerprint density at radius 1 is 1.25 bits per heavy atom. The van der Waals surface area contributed by atoms with Gasteiger partial charge in [-0.3, -0.25) is 14.9 Å². The van der Waals surface area contributed by atoms with Gasteiger partial charge in [-0.25, -0.2) is 0 Å². The van der Waals surface area contributed by atoms with E-state index in [9.17, 15) is 14.9 Å². The van der Waals surface area contributed by atoms with Gasteiger partial charge >= 0.3 is 0 Å². The molecular formula is C14H16N2O4. The standard InChI is InChI=1S/C14H16N2O4/c1-9-5-6-10(11(7-9)16(18)19)15-13(17)8-12(20-15)14(2,3)4/h5-8H,1-4H3. The van der Waals surface area contributed by atoms with E-state index in [2.05, 4.69) is 0 Å². The number of nitrogens with zero attached hydrogens (tertiary/aromatic N) is 2. The average molecular weight is 276 g/mol. The lowest BCUT2D eigenvalue weighted by Crippen LogP contribution is -2.12. The second kappa shape index (κ2) is 4.63. The zero-order chi connectivity index (χ0) is 15.1. The monoisotopic (exact) mass is 276 g/mol. The van der Waals surface area contributed by atoms with Gasteiger partial charge in [0.1, 0.15) is 5.76 Å². The Morgan fingerprint density at radius 3 is 2.40 bits per heavy atom. The Hall–Kier alpha value is -2.37. The molecule has 0 saturated heterocycles. The van der Waals surface area contributed by atoms with E-state index in [-0.39, 0.29) is 16.8 Å². The lowest BCUT2D eigenvalue weighted by molar-refractivity contribution is -0.384. The lowest BCUT2D eigenvalue weighted by Gasteiger charge is -2.13. The van der Waals surface area contributed by atoms with E-state index in [1.807, 2.05) is 20.8 Å². The first kappa shape index (κ1) is 14.0. The highest BCUT2D eigenvalue weighted by atomic mass is 16.6. The van der Waals surface area contributed by atoms with E-state index in [1.54, 1.807) is 13.0 Å². The number of hydrogen-bond acceptors (Lipinski definition) is 4. The molecule has 1 aromatic heterocycles. The highest BCUT2D eigenvalue weighted by Crippen LogP contribution is 2.26. The van der Waals surface area contributed by atoms with Crippen molar-refractivity contribution in [1.29, 1.82) is 0 Å². The maximum atomic E-state index is 12.0. The molecule has 0 atom stereocenters. The number of nitro benzene ring substituents is 1. The van der Waals surface area contributed by atoms with E-state index >= 15 is 0 Å². The molecule has 1 heterocycles. The third-order valence-electron chi connectivity index (χ3n) is 2.93. The number of aromatic nitrogens is 1. The zero-order valence-corrected chi connectivity index (χ0v) is 11.8. The van der Waals surface area contributed by atoms with Gasteiger partial charge in [0.25, 0.3) is 11.2 Å². The molecule has 0 N–H and O–H groups in total. The van der Waals surface area contributed by atoms with Crippen molar-refractivity contribution in [3.63, 3.8) is 0 Å². The Kier molecular flexibility index (Phi) is 3.25. The van der Waals surface area contributed by atoms with Crippen LogP contribution in [0, 0.1) is 17.0 Å². The molecule has 2 aromatic rings. The van der Waals surface area contributed by atoms with Crippen LogP contribution in [0.15, 0.2) is 33.6 Å². The molecule has 0 spiro atoms. The molecule has 0 fully saturated rings. The van der Waals surface area contributed by atoms with Gasteiger partial charge in [-0.15, -0.1) is 4.74 Å². The maximum Gasteiger partial charge on any atom is 0.296 e. The first-order valence-corrected chi connectivity index (χ1v) is 6.19. The molecule has 0 saturated carbocycles. The molecule has 0 bridgehead atoms. The minimum Gasteiger partial charge on any atom is -0.375 e. The number of aryl methyl sites for hydroxylation is 1. The smallest absolute Gasteiger partial charge is 0.296 e. The Morgan fingerprint density at radius 2 is 1.90 bits per heavy atom. The molecule has 0 radical (unpaired) electrons. The van der Waals surface area contributed by atoms with Gasteiger partial charge in [0.2, 0.25) is 0 Å². The van der Waals surface area contributed by atoms with Crippen molar-refractivity contribution in [3.8, 4) is 5.69 Å². The van der Waals surface area contributed by atoms with Gasteiger partial charge in [0.15, 0.2) is 5.69 Å². The van der Waals surface area contributed by atoms with E-state index in [4.69, 9.17) is 4.52 Å². The molecule has 6 nitrogen and oxygen atoms in total. The number of rotatable bonds is 2. The summed E-state index contributed by atoms with van der Waals surface area (Å²) in [5.41, 5.74) is -0.0230. The number of nitro groups is 1. The van der Waals surface area contributed by atoms with E-state index in [1.165, 1.54) is 18.2 Å². The summed E-state index contributed by atoms with van der Waals surface area (Å²) in [4.78, 5) is 22.6. The van der Waals surface area contributed by atoms with Crippen molar-refractivity contribution in [1.82, 2.24) is 4.74 Å². The van der Waals surface area contributed by atoms with E-state index in [0.717, 1.165) is 10.3 Å². The molecular weight excluding hydrogens is 260 g/mol. The summed E-state index contributed by atoms with van der Waals surface area (Å²) in [7, 11) is 0. The molecule has 0 unspecified atom stereocenters. The quantitative estimate of drug-likeness (QED) is 0.624. The van der Waals surface area contributed by atoms with Crippen LogP contribution in [0.2, 0.25) is 0 Å². The van der Waals surface area contributed by atoms with Crippen LogP contribution in [0.5, 0.6) is 0 Å². The largest absolute Gasteiger partial charge is 0.375 e. The van der Waals surface area contributed by atoms with Crippen molar-refractivity contribution < 1.29 is 9.45 Å². The van der Waals surface area contributed by atoms with E-state index < -0.39 is 10.5 Å². The summed E-state index contributed by atoms with van der Waals surface area (Å²) >= 11 is 0. The van der Waals surface area contributed by atoms with Gasteiger partial charge in [0.05, 0.1) is 4.92 Å². The molecule has 1 aromatic carbocycles. The second-order valence-electron chi connectivity index (χ2n) is 5.73. The van der Waals surface area contributed by atoms with Crippen molar-refractivity contribution >= 4 is 5.69 Å². The highest BCUT2D eigenvalue weighted by molar-refractivity contribution is 5.53. The predicted molar refractivity (Wildman–Crippen MR) is 74.4 cm³/mol. The molecule has 2 rings (SSSR count). The SMILES string of the molecule is Cc1ccc(-n2oc(C(C)(C)C)cc2=O)c([N+](=O)[O-])c1. The predicted octanol–water partition coefficient (Wildman–Crippen LogP) is 2.94. The van der Waals surface area contributed by atoms with Gasteiger partial charge in [-0.05, 0) is 18.6 Å². The van der Waals surface area contributed by atoms with Gasteiger partial charge in [0, 0.05) is 17.5 Å². The second-order valence-corrected chi connectivity index (χ2v) is 5.73. The third-order valence-corrected chi connectivity index (χ3v) is 2.93. The summed E-state index contributed by atoms with van der Waals surface area (Å²) in [6, 6.07) is 6.00. The van der Waals surface area contributed by atoms with Crippen LogP contribution < -0.4 is 5.56 Å². The normalized spacial score (nSPS) is 11.6. The first-order chi connectivity index (χ1) is 9.20. The van der Waals surface area contributed by atoms with Crippen LogP contribution in [-0.2, 0) is 5.41 Å². The fourth-order valence-corrected chi connectivity index (χ4v) is 1.81. The topological polar surface area (TPSA) is 78.3 Å². The summed E-state index contributed by atoms with van der Waals surface area (Å²) in [6.07, 6.45) is 0. The third kappa shape index (κ3) is 2.49. The van der Waals surface area contributed by atoms with Crippen LogP contribution >= 0.6 is 0 Å². The summed E-state index contributed by atoms with van der Waals surface area (Å²) < 4.78 is 6.47. The summed E-state index contributed by atoms with van der Waals surface area (Å²) in [5.74, 6) is 0.484. The minimum atomic E-state index is -0.520. The molecule has 0 aliphatic rings. The average Bonchev–Trinajstić information content (AvgIpc) is 2.71. The lowest BCUT2D eigenvalue weighted by atomic mass is 9.94. The highest BCUT2D eigenvalue weighted by Gasteiger charge is 2.24. The van der Waals surface area contributed by atoms with Crippen LogP contribution in [0.4, 0.5) is 5.69 Å². The van der Waals surface area contributed by atoms with Crippen LogP contribution in [0.1, 0.15) is 32.1 Å². The number of benzene rings is 1. The fourth-order valence-electron chi connectivity index (χ4n) is 1.81. The zero-order valence-electron chi connectivity index (χ0n) is 11.8. The van der Waals surface area contributed by atoms with Crippen molar-refractivity contribution in [2.75, 3.05) is 0 Å². The Bertz CT molecular complexity index is 720. The molecule has 0 aliphatic heterocycles.